The molecule has 0 spiro atoms. The average molecular weight is 534 g/mol. The molecule has 190 valence electrons. The topological polar surface area (TPSA) is 105 Å². The van der Waals surface area contributed by atoms with E-state index in [0.717, 1.165) is 10.7 Å². The van der Waals surface area contributed by atoms with Crippen LogP contribution in [-0.2, 0) is 16.2 Å². The molecule has 0 radical (unpaired) electrons. The predicted molar refractivity (Wildman–Crippen MR) is 122 cm³/mol. The number of anilines is 1. The van der Waals surface area contributed by atoms with Crippen LogP contribution < -0.4 is 14.9 Å². The molecule has 3 heterocycles. The minimum Gasteiger partial charge on any atom is -0.365 e. The fourth-order valence-corrected chi connectivity index (χ4v) is 6.60. The Labute approximate surface area is 202 Å². The Hall–Kier alpha value is -2.36. The lowest BCUT2D eigenvalue weighted by Crippen LogP contribution is -2.54. The molecule has 1 saturated carbocycles. The Kier molecular flexibility index (Phi) is 5.62. The lowest BCUT2D eigenvalue weighted by molar-refractivity contribution is -0.138. The maximum Gasteiger partial charge on any atom is 0.445 e. The van der Waals surface area contributed by atoms with Gasteiger partial charge in [0.1, 0.15) is 4.90 Å². The third-order valence-corrected chi connectivity index (χ3v) is 8.72. The molecule has 2 aromatic heterocycles. The molecule has 3 aromatic rings. The van der Waals surface area contributed by atoms with Gasteiger partial charge in [0.15, 0.2) is 5.82 Å². The van der Waals surface area contributed by atoms with Crippen molar-refractivity contribution in [2.75, 3.05) is 18.0 Å². The highest BCUT2D eigenvalue weighted by Crippen LogP contribution is 2.40. The lowest BCUT2D eigenvalue weighted by atomic mass is 10.1. The Morgan fingerprint density at radius 2 is 1.86 bits per heavy atom. The number of hydrogen-bond donors (Lipinski definition) is 2. The van der Waals surface area contributed by atoms with Gasteiger partial charge in [0, 0.05) is 36.1 Å². The van der Waals surface area contributed by atoms with Crippen LogP contribution in [0.3, 0.4) is 0 Å². The van der Waals surface area contributed by atoms with Crippen molar-refractivity contribution in [1.29, 1.82) is 0 Å². The normalized spacial score (nSPS) is 22.7. The van der Waals surface area contributed by atoms with Crippen molar-refractivity contribution in [3.8, 4) is 5.13 Å². The van der Waals surface area contributed by atoms with E-state index in [4.69, 9.17) is 0 Å². The van der Waals surface area contributed by atoms with Gasteiger partial charge in [-0.25, -0.2) is 22.2 Å². The zero-order chi connectivity index (χ0) is 25.3. The summed E-state index contributed by atoms with van der Waals surface area (Å²) in [5.74, 6) is -0.927. The zero-order valence-electron chi connectivity index (χ0n) is 19.0. The maximum absolute atomic E-state index is 16.0. The molecular weight excluding hydrogens is 510 g/mol. The van der Waals surface area contributed by atoms with E-state index in [0.29, 0.717) is 25.9 Å². The predicted octanol–water partition coefficient (Wildman–Crippen LogP) is 3.05. The van der Waals surface area contributed by atoms with E-state index < -0.39 is 37.5 Å². The van der Waals surface area contributed by atoms with Crippen LogP contribution in [0.25, 0.3) is 16.0 Å². The number of sulfonamides is 1. The zero-order valence-corrected chi connectivity index (χ0v) is 20.7. The highest BCUT2D eigenvalue weighted by Gasteiger charge is 2.43. The monoisotopic (exact) mass is 533 g/mol. The van der Waals surface area contributed by atoms with Crippen LogP contribution in [0.1, 0.15) is 38.6 Å². The minimum atomic E-state index is -4.69. The summed E-state index contributed by atoms with van der Waals surface area (Å²) in [4.78, 5) is 1.16. The molecule has 2 atom stereocenters. The molecule has 2 aliphatic rings. The second-order valence-corrected chi connectivity index (χ2v) is 12.1. The van der Waals surface area contributed by atoms with Crippen LogP contribution in [0.5, 0.6) is 0 Å². The van der Waals surface area contributed by atoms with Gasteiger partial charge in [-0.15, -0.1) is 10.2 Å². The van der Waals surface area contributed by atoms with Gasteiger partial charge in [0.2, 0.25) is 20.2 Å². The van der Waals surface area contributed by atoms with Crippen molar-refractivity contribution in [1.82, 2.24) is 30.0 Å². The second-order valence-electron chi connectivity index (χ2n) is 9.45. The molecule has 1 aromatic carbocycles. The van der Waals surface area contributed by atoms with E-state index in [1.807, 2.05) is 13.8 Å². The van der Waals surface area contributed by atoms with E-state index in [-0.39, 0.29) is 45.1 Å². The van der Waals surface area contributed by atoms with E-state index in [1.54, 1.807) is 11.8 Å². The first-order chi connectivity index (χ1) is 16.3. The lowest BCUT2D eigenvalue weighted by Gasteiger charge is -2.38. The standard InChI is InChI=1S/C20H23F4N7O2S2/c1-10-8-30(9-11(2)26-10)16-12-7-25-31(18-28-27-17(34-18)20(22,23)24)13(12)6-14(15(16)21)35(32,33)29-19(3)4-5-19/h6-7,10-11,26,29H,4-5,8-9H2,1-3H3/t10-,11-/m0/s1. The van der Waals surface area contributed by atoms with Crippen molar-refractivity contribution in [3.05, 3.63) is 23.1 Å². The van der Waals surface area contributed by atoms with E-state index >= 15 is 4.39 Å². The number of alkyl halides is 3. The molecule has 2 fully saturated rings. The maximum atomic E-state index is 16.0. The van der Waals surface area contributed by atoms with Gasteiger partial charge in [-0.3, -0.25) is 0 Å². The summed E-state index contributed by atoms with van der Waals surface area (Å²) in [5.41, 5.74) is -0.498. The highest BCUT2D eigenvalue weighted by atomic mass is 32.2. The van der Waals surface area contributed by atoms with Crippen molar-refractivity contribution >= 4 is 38.0 Å². The highest BCUT2D eigenvalue weighted by molar-refractivity contribution is 7.89. The summed E-state index contributed by atoms with van der Waals surface area (Å²) < 4.78 is 85.4. The summed E-state index contributed by atoms with van der Waals surface area (Å²) >= 11 is 0.263. The molecule has 9 nitrogen and oxygen atoms in total. The summed E-state index contributed by atoms with van der Waals surface area (Å²) in [6.07, 6.45) is -2.13. The molecular formula is C20H23F4N7O2S2. The molecule has 35 heavy (non-hydrogen) atoms. The van der Waals surface area contributed by atoms with Crippen molar-refractivity contribution in [2.45, 2.75) is 62.3 Å². The Bertz CT molecular complexity index is 1390. The summed E-state index contributed by atoms with van der Waals surface area (Å²) in [6.45, 7) is 6.38. The second kappa shape index (κ2) is 8.08. The van der Waals surface area contributed by atoms with Crippen LogP contribution in [0, 0.1) is 5.82 Å². The van der Waals surface area contributed by atoms with Crippen LogP contribution in [-0.4, -0.2) is 59.1 Å². The molecule has 2 N–H and O–H groups in total. The molecule has 0 amide bonds. The van der Waals surface area contributed by atoms with Gasteiger partial charge in [0.25, 0.3) is 0 Å². The molecule has 1 saturated heterocycles. The van der Waals surface area contributed by atoms with Gasteiger partial charge in [-0.05, 0) is 39.7 Å². The Morgan fingerprint density at radius 1 is 1.20 bits per heavy atom. The van der Waals surface area contributed by atoms with Gasteiger partial charge >= 0.3 is 6.18 Å². The SMILES string of the molecule is C[C@H]1CN(c2c(F)c(S(=O)(=O)NC3(C)CC3)cc3c2cnn3-c2nnc(C(F)(F)F)s2)C[C@H](C)N1. The smallest absolute Gasteiger partial charge is 0.365 e. The van der Waals surface area contributed by atoms with E-state index in [9.17, 15) is 21.6 Å². The number of aromatic nitrogens is 4. The van der Waals surface area contributed by atoms with Gasteiger partial charge in [-0.1, -0.05) is 11.3 Å². The quantitative estimate of drug-likeness (QED) is 0.486. The molecule has 5 rings (SSSR count). The summed E-state index contributed by atoms with van der Waals surface area (Å²) in [6, 6.07) is 1.08. The number of benzene rings is 1. The van der Waals surface area contributed by atoms with E-state index in [1.165, 1.54) is 6.20 Å². The summed E-state index contributed by atoms with van der Waals surface area (Å²) in [7, 11) is -4.28. The van der Waals surface area contributed by atoms with Gasteiger partial charge in [-0.2, -0.15) is 18.3 Å². The number of nitrogens with one attached hydrogen (secondary N) is 2. The van der Waals surface area contributed by atoms with E-state index in [2.05, 4.69) is 25.3 Å². The van der Waals surface area contributed by atoms with Crippen LogP contribution in [0.15, 0.2) is 17.2 Å². The van der Waals surface area contributed by atoms with Crippen LogP contribution >= 0.6 is 11.3 Å². The number of nitrogens with zero attached hydrogens (tertiary/aromatic N) is 5. The van der Waals surface area contributed by atoms with Gasteiger partial charge in [0.05, 0.1) is 17.4 Å². The molecule has 1 aliphatic heterocycles. The first-order valence-electron chi connectivity index (χ1n) is 10.9. The van der Waals surface area contributed by atoms with Gasteiger partial charge < -0.3 is 10.2 Å². The third kappa shape index (κ3) is 4.49. The largest absolute Gasteiger partial charge is 0.445 e. The van der Waals surface area contributed by atoms with Crippen molar-refractivity contribution < 1.29 is 26.0 Å². The fraction of sp³-hybridized carbons (Fsp3) is 0.550. The molecule has 15 heteroatoms. The minimum absolute atomic E-state index is 0.00971. The first kappa shape index (κ1) is 24.3. The summed E-state index contributed by atoms with van der Waals surface area (Å²) in [5, 5.41) is 13.1. The molecule has 0 bridgehead atoms. The van der Waals surface area contributed by atoms with Crippen LogP contribution in [0.4, 0.5) is 23.2 Å². The van der Waals surface area contributed by atoms with Crippen molar-refractivity contribution in [2.24, 2.45) is 0 Å². The third-order valence-electron chi connectivity index (χ3n) is 6.14. The number of hydrogen-bond acceptors (Lipinski definition) is 8. The molecule has 1 aliphatic carbocycles. The fourth-order valence-electron chi connectivity index (χ4n) is 4.35. The number of fused-ring (bicyclic) bond motifs is 1. The average Bonchev–Trinajstić information content (AvgIpc) is 3.13. The van der Waals surface area contributed by atoms with Crippen molar-refractivity contribution in [3.63, 3.8) is 0 Å². The Balaban J connectivity index is 1.72. The Morgan fingerprint density at radius 3 is 2.43 bits per heavy atom. The van der Waals surface area contributed by atoms with Crippen LogP contribution in [0.2, 0.25) is 0 Å². The first-order valence-corrected chi connectivity index (χ1v) is 13.2. The number of halogens is 4. The number of rotatable bonds is 5. The molecule has 0 unspecified atom stereocenters. The number of piperazine rings is 1.